The number of benzene rings is 2. The molecule has 2 aromatic rings. The number of nitrogens with zero attached hydrogens (tertiary/aromatic N) is 1. The van der Waals surface area contributed by atoms with Gasteiger partial charge in [0.15, 0.2) is 0 Å². The van der Waals surface area contributed by atoms with Crippen molar-refractivity contribution in [3.05, 3.63) is 69.8 Å². The van der Waals surface area contributed by atoms with Crippen molar-refractivity contribution in [1.29, 1.82) is 0 Å². The van der Waals surface area contributed by atoms with E-state index < -0.39 is 33.0 Å². The smallest absolute Gasteiger partial charge is 0.258 e. The average Bonchev–Trinajstić information content (AvgIpc) is 2.38. The van der Waals surface area contributed by atoms with Crippen LogP contribution in [0.4, 0.5) is 14.5 Å². The molecule has 20 heavy (non-hydrogen) atoms. The van der Waals surface area contributed by atoms with Crippen molar-refractivity contribution in [3.8, 4) is 0 Å². The van der Waals surface area contributed by atoms with Crippen molar-refractivity contribution in [1.82, 2.24) is 0 Å². The first-order valence-electron chi connectivity index (χ1n) is 5.54. The molecule has 0 bridgehead atoms. The van der Waals surface area contributed by atoms with E-state index in [9.17, 15) is 23.1 Å². The summed E-state index contributed by atoms with van der Waals surface area (Å²) in [7, 11) is -1.55. The number of halogens is 2. The second kappa shape index (κ2) is 5.87. The molecule has 0 heterocycles. The molecule has 0 N–H and O–H groups in total. The summed E-state index contributed by atoms with van der Waals surface area (Å²) in [4.78, 5) is 9.93. The van der Waals surface area contributed by atoms with Crippen LogP contribution in [0.2, 0.25) is 0 Å². The molecule has 0 amide bonds. The molecule has 1 atom stereocenters. The van der Waals surface area contributed by atoms with Crippen molar-refractivity contribution in [3.63, 3.8) is 0 Å². The Kier molecular flexibility index (Phi) is 4.19. The zero-order valence-electron chi connectivity index (χ0n) is 10.1. The lowest BCUT2D eigenvalue weighted by molar-refractivity contribution is -0.387. The molecule has 1 unspecified atom stereocenters. The Hall–Kier alpha value is -2.15. The van der Waals surface area contributed by atoms with E-state index in [4.69, 9.17) is 0 Å². The molecule has 0 aromatic heterocycles. The van der Waals surface area contributed by atoms with Gasteiger partial charge in [0.2, 0.25) is 5.82 Å². The van der Waals surface area contributed by atoms with Crippen LogP contribution in [-0.2, 0) is 16.6 Å². The van der Waals surface area contributed by atoms with Gasteiger partial charge in [-0.25, -0.2) is 4.39 Å². The first-order valence-corrected chi connectivity index (χ1v) is 6.86. The first kappa shape index (κ1) is 14.3. The molecular formula is C13H9F2NO3S. The van der Waals surface area contributed by atoms with E-state index >= 15 is 0 Å². The summed E-state index contributed by atoms with van der Waals surface area (Å²) in [6.45, 7) is 0. The van der Waals surface area contributed by atoms with Gasteiger partial charge < -0.3 is 0 Å². The van der Waals surface area contributed by atoms with Crippen molar-refractivity contribution in [2.24, 2.45) is 0 Å². The molecule has 0 fully saturated rings. The highest BCUT2D eigenvalue weighted by molar-refractivity contribution is 7.84. The molecule has 2 rings (SSSR count). The van der Waals surface area contributed by atoms with Gasteiger partial charge in [-0.15, -0.1) is 0 Å². The minimum Gasteiger partial charge on any atom is -0.258 e. The van der Waals surface area contributed by atoms with Gasteiger partial charge in [0.25, 0.3) is 0 Å². The van der Waals surface area contributed by atoms with E-state index in [1.54, 1.807) is 0 Å². The van der Waals surface area contributed by atoms with Gasteiger partial charge in [0.1, 0.15) is 5.82 Å². The van der Waals surface area contributed by atoms with Crippen LogP contribution < -0.4 is 0 Å². The van der Waals surface area contributed by atoms with E-state index in [2.05, 4.69) is 0 Å². The lowest BCUT2D eigenvalue weighted by atomic mass is 10.2. The molecule has 0 aliphatic carbocycles. The fourth-order valence-electron chi connectivity index (χ4n) is 1.63. The zero-order valence-corrected chi connectivity index (χ0v) is 10.9. The van der Waals surface area contributed by atoms with Crippen molar-refractivity contribution in [2.45, 2.75) is 10.6 Å². The molecule has 104 valence electrons. The Morgan fingerprint density at radius 1 is 1.15 bits per heavy atom. The lowest BCUT2D eigenvalue weighted by Crippen LogP contribution is -1.99. The molecule has 0 saturated carbocycles. The van der Waals surface area contributed by atoms with Gasteiger partial charge in [-0.2, -0.15) is 4.39 Å². The van der Waals surface area contributed by atoms with Crippen LogP contribution in [0, 0.1) is 21.7 Å². The summed E-state index contributed by atoms with van der Waals surface area (Å²) in [5.74, 6) is -1.53. The fourth-order valence-corrected chi connectivity index (χ4v) is 2.75. The fraction of sp³-hybridized carbons (Fsp3) is 0.0769. The number of nitro groups is 1. The third-order valence-corrected chi connectivity index (χ3v) is 3.94. The predicted octanol–water partition coefficient (Wildman–Crippen LogP) is 3.18. The normalized spacial score (nSPS) is 12.1. The summed E-state index contributed by atoms with van der Waals surface area (Å²) in [5, 5.41) is 10.5. The summed E-state index contributed by atoms with van der Waals surface area (Å²) < 4.78 is 38.4. The number of hydrogen-bond acceptors (Lipinski definition) is 3. The summed E-state index contributed by atoms with van der Waals surface area (Å²) in [5.41, 5.74) is -0.291. The Balaban J connectivity index is 2.20. The highest BCUT2D eigenvalue weighted by atomic mass is 32.2. The summed E-state index contributed by atoms with van der Waals surface area (Å²) in [6.07, 6.45) is 0. The van der Waals surface area contributed by atoms with E-state index in [1.165, 1.54) is 24.3 Å². The first-order chi connectivity index (χ1) is 9.47. The molecule has 0 aliphatic rings. The molecule has 0 spiro atoms. The number of nitro benzene ring substituents is 1. The SMILES string of the molecule is O=[N+]([O-])c1ccc(CS(=O)c2cccc(F)c2)cc1F. The third kappa shape index (κ3) is 3.24. The van der Waals surface area contributed by atoms with Crippen LogP contribution in [0.5, 0.6) is 0 Å². The molecule has 0 radical (unpaired) electrons. The molecule has 0 aliphatic heterocycles. The minimum absolute atomic E-state index is 0.0433. The van der Waals surface area contributed by atoms with Crippen LogP contribution in [0.25, 0.3) is 0 Å². The van der Waals surface area contributed by atoms with Crippen LogP contribution in [-0.4, -0.2) is 9.13 Å². The van der Waals surface area contributed by atoms with Crippen LogP contribution >= 0.6 is 0 Å². The molecule has 0 saturated heterocycles. The largest absolute Gasteiger partial charge is 0.304 e. The van der Waals surface area contributed by atoms with Gasteiger partial charge in [0.05, 0.1) is 21.5 Å². The second-order valence-corrected chi connectivity index (χ2v) is 5.44. The molecule has 2 aromatic carbocycles. The van der Waals surface area contributed by atoms with Crippen LogP contribution in [0.3, 0.4) is 0 Å². The van der Waals surface area contributed by atoms with Gasteiger partial charge in [0, 0.05) is 11.0 Å². The van der Waals surface area contributed by atoms with Gasteiger partial charge in [-0.1, -0.05) is 12.1 Å². The molecular weight excluding hydrogens is 288 g/mol. The van der Waals surface area contributed by atoms with Crippen LogP contribution in [0.1, 0.15) is 5.56 Å². The van der Waals surface area contributed by atoms with E-state index in [-0.39, 0.29) is 10.6 Å². The van der Waals surface area contributed by atoms with E-state index in [0.29, 0.717) is 5.56 Å². The van der Waals surface area contributed by atoms with E-state index in [0.717, 1.165) is 18.2 Å². The second-order valence-electron chi connectivity index (χ2n) is 3.99. The van der Waals surface area contributed by atoms with Crippen molar-refractivity contribution in [2.75, 3.05) is 0 Å². The van der Waals surface area contributed by atoms with Crippen molar-refractivity contribution >= 4 is 16.5 Å². The quantitative estimate of drug-likeness (QED) is 0.643. The topological polar surface area (TPSA) is 60.2 Å². The van der Waals surface area contributed by atoms with Gasteiger partial charge >= 0.3 is 5.69 Å². The predicted molar refractivity (Wildman–Crippen MR) is 69.6 cm³/mol. The summed E-state index contributed by atoms with van der Waals surface area (Å²) in [6, 6.07) is 8.62. The monoisotopic (exact) mass is 297 g/mol. The standard InChI is InChI=1S/C13H9F2NO3S/c14-10-2-1-3-11(7-10)20(19)8-9-4-5-13(16(17)18)12(15)6-9/h1-7H,8H2. The third-order valence-electron chi connectivity index (χ3n) is 2.57. The maximum absolute atomic E-state index is 13.4. The van der Waals surface area contributed by atoms with E-state index in [1.807, 2.05) is 0 Å². The summed E-state index contributed by atoms with van der Waals surface area (Å²) >= 11 is 0. The Labute approximate surface area is 115 Å². The van der Waals surface area contributed by atoms with Crippen LogP contribution in [0.15, 0.2) is 47.4 Å². The van der Waals surface area contributed by atoms with Crippen molar-refractivity contribution < 1.29 is 17.9 Å². The zero-order chi connectivity index (χ0) is 14.7. The maximum atomic E-state index is 13.4. The molecule has 4 nitrogen and oxygen atoms in total. The van der Waals surface area contributed by atoms with Gasteiger partial charge in [-0.05, 0) is 29.8 Å². The Morgan fingerprint density at radius 2 is 1.90 bits per heavy atom. The number of rotatable bonds is 4. The highest BCUT2D eigenvalue weighted by Gasteiger charge is 2.15. The van der Waals surface area contributed by atoms with Gasteiger partial charge in [-0.3, -0.25) is 14.3 Å². The highest BCUT2D eigenvalue weighted by Crippen LogP contribution is 2.20. The Morgan fingerprint density at radius 3 is 2.50 bits per heavy atom. The number of hydrogen-bond donors (Lipinski definition) is 0. The molecule has 7 heteroatoms. The maximum Gasteiger partial charge on any atom is 0.304 e. The minimum atomic E-state index is -1.55. The average molecular weight is 297 g/mol. The Bertz CT molecular complexity index is 691. The lowest BCUT2D eigenvalue weighted by Gasteiger charge is -2.03.